The molecule has 7 nitrogen and oxygen atoms in total. The smallest absolute Gasteiger partial charge is 0.281 e. The molecule has 25 heavy (non-hydrogen) atoms. The molecule has 3 aromatic rings. The second-order valence-electron chi connectivity index (χ2n) is 5.90. The summed E-state index contributed by atoms with van der Waals surface area (Å²) in [6, 6.07) is 3.14. The van der Waals surface area contributed by atoms with Gasteiger partial charge in [0.25, 0.3) is 12.3 Å². The molecule has 0 spiro atoms. The summed E-state index contributed by atoms with van der Waals surface area (Å²) in [7, 11) is 0. The van der Waals surface area contributed by atoms with Crippen LogP contribution in [0.25, 0.3) is 17.3 Å². The Labute approximate surface area is 145 Å². The number of nitrogens with two attached hydrogens (primary N) is 1. The first-order valence-corrected chi connectivity index (χ1v) is 7.98. The van der Waals surface area contributed by atoms with E-state index in [0.717, 1.165) is 23.9 Å². The SMILES string of the molecule is NC1(c2noc(-c3cnn(-c4ncccc4Cl)c3C(F)F)n2)CCC1. The van der Waals surface area contributed by atoms with Crippen LogP contribution in [0, 0.1) is 0 Å². The molecule has 1 aliphatic carbocycles. The fourth-order valence-electron chi connectivity index (χ4n) is 2.75. The molecule has 1 saturated carbocycles. The van der Waals surface area contributed by atoms with Gasteiger partial charge < -0.3 is 10.3 Å². The van der Waals surface area contributed by atoms with E-state index < -0.39 is 17.7 Å². The zero-order valence-electron chi connectivity index (χ0n) is 12.9. The topological polar surface area (TPSA) is 95.7 Å². The van der Waals surface area contributed by atoms with E-state index >= 15 is 0 Å². The molecule has 0 bridgehead atoms. The molecule has 0 aliphatic heterocycles. The summed E-state index contributed by atoms with van der Waals surface area (Å²) in [5.41, 5.74) is 5.11. The van der Waals surface area contributed by atoms with Gasteiger partial charge in [-0.15, -0.1) is 0 Å². The van der Waals surface area contributed by atoms with Gasteiger partial charge in [0.2, 0.25) is 0 Å². The van der Waals surface area contributed by atoms with Crippen molar-refractivity contribution in [3.8, 4) is 17.3 Å². The standard InChI is InChI=1S/C15H13ClF2N6O/c16-9-3-1-6-20-12(9)24-10(11(17)18)8(7-21-24)13-22-14(23-25-13)15(19)4-2-5-15/h1,3,6-7,11H,2,4-5,19H2. The van der Waals surface area contributed by atoms with Crippen LogP contribution in [-0.2, 0) is 5.54 Å². The Bertz CT molecular complexity index is 920. The van der Waals surface area contributed by atoms with Crippen molar-refractivity contribution in [2.75, 3.05) is 0 Å². The number of rotatable bonds is 4. The summed E-state index contributed by atoms with van der Waals surface area (Å²) in [5.74, 6) is 0.359. The molecule has 0 aromatic carbocycles. The molecule has 1 aliphatic rings. The minimum absolute atomic E-state index is 0.0263. The van der Waals surface area contributed by atoms with Gasteiger partial charge in [-0.2, -0.15) is 10.1 Å². The van der Waals surface area contributed by atoms with Crippen LogP contribution in [0.1, 0.15) is 37.2 Å². The van der Waals surface area contributed by atoms with Gasteiger partial charge in [-0.05, 0) is 31.4 Å². The van der Waals surface area contributed by atoms with Crippen molar-refractivity contribution in [3.05, 3.63) is 41.1 Å². The maximum absolute atomic E-state index is 13.7. The zero-order chi connectivity index (χ0) is 17.6. The summed E-state index contributed by atoms with van der Waals surface area (Å²) < 4.78 is 33.5. The molecule has 2 N–H and O–H groups in total. The highest BCUT2D eigenvalue weighted by Crippen LogP contribution is 2.39. The summed E-state index contributed by atoms with van der Waals surface area (Å²) in [4.78, 5) is 8.22. The third kappa shape index (κ3) is 2.59. The number of alkyl halides is 2. The first-order valence-electron chi connectivity index (χ1n) is 7.60. The lowest BCUT2D eigenvalue weighted by Gasteiger charge is -2.34. The lowest BCUT2D eigenvalue weighted by molar-refractivity contribution is 0.143. The Morgan fingerprint density at radius 3 is 2.80 bits per heavy atom. The van der Waals surface area contributed by atoms with Gasteiger partial charge in [0.1, 0.15) is 5.69 Å². The average molecular weight is 367 g/mol. The minimum atomic E-state index is -2.85. The maximum Gasteiger partial charge on any atom is 0.281 e. The van der Waals surface area contributed by atoms with Crippen molar-refractivity contribution in [2.24, 2.45) is 5.73 Å². The summed E-state index contributed by atoms with van der Waals surface area (Å²) in [6.07, 6.45) is 2.26. The fourth-order valence-corrected chi connectivity index (χ4v) is 2.95. The molecule has 0 unspecified atom stereocenters. The van der Waals surface area contributed by atoms with Crippen molar-refractivity contribution in [2.45, 2.75) is 31.2 Å². The lowest BCUT2D eigenvalue weighted by Crippen LogP contribution is -2.44. The van der Waals surface area contributed by atoms with Gasteiger partial charge in [-0.3, -0.25) is 0 Å². The van der Waals surface area contributed by atoms with Crippen LogP contribution in [0.3, 0.4) is 0 Å². The molecular weight excluding hydrogens is 354 g/mol. The van der Waals surface area contributed by atoms with Crippen LogP contribution in [0.4, 0.5) is 8.78 Å². The Balaban J connectivity index is 1.80. The third-order valence-corrected chi connectivity index (χ3v) is 4.60. The molecule has 4 rings (SSSR count). The first kappa shape index (κ1) is 16.1. The molecule has 0 atom stereocenters. The van der Waals surface area contributed by atoms with Crippen LogP contribution in [0.2, 0.25) is 5.02 Å². The molecule has 3 heterocycles. The number of hydrogen-bond donors (Lipinski definition) is 1. The van der Waals surface area contributed by atoms with E-state index in [1.807, 2.05) is 0 Å². The summed E-state index contributed by atoms with van der Waals surface area (Å²) in [5, 5.41) is 8.03. The highest BCUT2D eigenvalue weighted by Gasteiger charge is 2.39. The van der Waals surface area contributed by atoms with E-state index in [1.165, 1.54) is 12.4 Å². The Morgan fingerprint density at radius 2 is 2.16 bits per heavy atom. The highest BCUT2D eigenvalue weighted by atomic mass is 35.5. The largest absolute Gasteiger partial charge is 0.334 e. The second kappa shape index (κ2) is 5.85. The van der Waals surface area contributed by atoms with Gasteiger partial charge in [0.05, 0.1) is 22.3 Å². The van der Waals surface area contributed by atoms with Crippen LogP contribution in [0.15, 0.2) is 29.0 Å². The van der Waals surface area contributed by atoms with Crippen molar-refractivity contribution in [1.82, 2.24) is 24.9 Å². The van der Waals surface area contributed by atoms with Crippen molar-refractivity contribution in [3.63, 3.8) is 0 Å². The van der Waals surface area contributed by atoms with Crippen LogP contribution in [-0.4, -0.2) is 24.9 Å². The second-order valence-corrected chi connectivity index (χ2v) is 6.30. The molecular formula is C15H13ClF2N6O. The summed E-state index contributed by atoms with van der Waals surface area (Å²) >= 11 is 6.04. The van der Waals surface area contributed by atoms with Crippen molar-refractivity contribution >= 4 is 11.6 Å². The predicted molar refractivity (Wildman–Crippen MR) is 84.3 cm³/mol. The maximum atomic E-state index is 13.7. The highest BCUT2D eigenvalue weighted by molar-refractivity contribution is 6.32. The van der Waals surface area contributed by atoms with Gasteiger partial charge >= 0.3 is 0 Å². The average Bonchev–Trinajstić information content (AvgIpc) is 3.19. The number of halogens is 3. The van der Waals surface area contributed by atoms with E-state index in [1.54, 1.807) is 12.1 Å². The quantitative estimate of drug-likeness (QED) is 0.761. The zero-order valence-corrected chi connectivity index (χ0v) is 13.6. The van der Waals surface area contributed by atoms with E-state index in [2.05, 4.69) is 20.2 Å². The number of nitrogens with zero attached hydrogens (tertiary/aromatic N) is 5. The van der Waals surface area contributed by atoms with Crippen LogP contribution in [0.5, 0.6) is 0 Å². The lowest BCUT2D eigenvalue weighted by atomic mass is 9.77. The normalized spacial score (nSPS) is 16.2. The van der Waals surface area contributed by atoms with Gasteiger partial charge in [0.15, 0.2) is 11.6 Å². The molecule has 0 amide bonds. The van der Waals surface area contributed by atoms with E-state index in [0.29, 0.717) is 5.82 Å². The Hall–Kier alpha value is -2.39. The Kier molecular flexibility index (Phi) is 3.77. The minimum Gasteiger partial charge on any atom is -0.334 e. The molecule has 1 fully saturated rings. The van der Waals surface area contributed by atoms with E-state index in [9.17, 15) is 8.78 Å². The van der Waals surface area contributed by atoms with Gasteiger partial charge in [0, 0.05) is 6.20 Å². The Morgan fingerprint density at radius 1 is 1.36 bits per heavy atom. The molecule has 3 aromatic heterocycles. The predicted octanol–water partition coefficient (Wildman–Crippen LogP) is 3.25. The number of pyridine rings is 1. The first-order chi connectivity index (χ1) is 12.0. The monoisotopic (exact) mass is 366 g/mol. The fraction of sp³-hybridized carbons (Fsp3) is 0.333. The number of aromatic nitrogens is 5. The molecule has 130 valence electrons. The van der Waals surface area contributed by atoms with Crippen LogP contribution < -0.4 is 5.73 Å². The molecule has 0 radical (unpaired) electrons. The van der Waals surface area contributed by atoms with Crippen molar-refractivity contribution < 1.29 is 13.3 Å². The van der Waals surface area contributed by atoms with Gasteiger partial charge in [-0.1, -0.05) is 16.8 Å². The van der Waals surface area contributed by atoms with Crippen molar-refractivity contribution in [1.29, 1.82) is 0 Å². The third-order valence-electron chi connectivity index (χ3n) is 4.30. The number of hydrogen-bond acceptors (Lipinski definition) is 6. The van der Waals surface area contributed by atoms with Crippen LogP contribution >= 0.6 is 11.6 Å². The molecule has 0 saturated heterocycles. The molecule has 10 heteroatoms. The van der Waals surface area contributed by atoms with E-state index in [-0.39, 0.29) is 22.3 Å². The van der Waals surface area contributed by atoms with Gasteiger partial charge in [-0.25, -0.2) is 18.4 Å². The summed E-state index contributed by atoms with van der Waals surface area (Å²) in [6.45, 7) is 0. The van der Waals surface area contributed by atoms with E-state index in [4.69, 9.17) is 21.9 Å².